The number of nitrogens with zero attached hydrogens (tertiary/aromatic N) is 2. The van der Waals surface area contributed by atoms with Gasteiger partial charge in [-0.2, -0.15) is 5.10 Å². The third-order valence-electron chi connectivity index (χ3n) is 3.57. The zero-order chi connectivity index (χ0) is 13.7. The van der Waals surface area contributed by atoms with Crippen LogP contribution in [0.25, 0.3) is 0 Å². The summed E-state index contributed by atoms with van der Waals surface area (Å²) in [5.41, 5.74) is 0.401. The molecule has 0 atom stereocenters. The summed E-state index contributed by atoms with van der Waals surface area (Å²) in [7, 11) is 1.87. The zero-order valence-electron chi connectivity index (χ0n) is 11.4. The lowest BCUT2D eigenvalue weighted by molar-refractivity contribution is 0.0501. The average Bonchev–Trinajstić information content (AvgIpc) is 2.97. The number of hydrogen-bond donors (Lipinski definition) is 3. The van der Waals surface area contributed by atoms with E-state index in [9.17, 15) is 9.90 Å². The van der Waals surface area contributed by atoms with Crippen molar-refractivity contribution in [3.63, 3.8) is 0 Å². The molecular formula is C13H22N4O2. The molecule has 1 aliphatic carbocycles. The van der Waals surface area contributed by atoms with Gasteiger partial charge in [0.1, 0.15) is 0 Å². The molecule has 106 valence electrons. The Morgan fingerprint density at radius 3 is 2.84 bits per heavy atom. The summed E-state index contributed by atoms with van der Waals surface area (Å²) >= 11 is 0. The highest BCUT2D eigenvalue weighted by atomic mass is 16.3. The minimum atomic E-state index is -0.694. The predicted octanol–water partition coefficient (Wildman–Crippen LogP) is 0.567. The van der Waals surface area contributed by atoms with Crippen LogP contribution in [0.15, 0.2) is 12.4 Å². The molecule has 6 nitrogen and oxygen atoms in total. The number of aromatic nitrogens is 2. The van der Waals surface area contributed by atoms with Crippen LogP contribution in [-0.4, -0.2) is 39.6 Å². The second-order valence-corrected chi connectivity index (χ2v) is 5.31. The van der Waals surface area contributed by atoms with Crippen molar-refractivity contribution in [2.45, 2.75) is 37.7 Å². The number of urea groups is 1. The quantitative estimate of drug-likeness (QED) is 0.729. The van der Waals surface area contributed by atoms with Crippen LogP contribution in [0.1, 0.15) is 31.2 Å². The van der Waals surface area contributed by atoms with Gasteiger partial charge in [0.05, 0.1) is 11.8 Å². The summed E-state index contributed by atoms with van der Waals surface area (Å²) in [4.78, 5) is 11.6. The standard InChI is InChI=1S/C13H22N4O2/c1-17-9-11(8-16-17)4-7-14-12(18)15-10-13(19)5-2-3-6-13/h8-9,19H,2-7,10H2,1H3,(H2,14,15,18). The Kier molecular flexibility index (Phi) is 4.42. The van der Waals surface area contributed by atoms with Crippen molar-refractivity contribution in [2.75, 3.05) is 13.1 Å². The third-order valence-corrected chi connectivity index (χ3v) is 3.57. The molecule has 1 saturated carbocycles. The Bertz CT molecular complexity index is 424. The molecule has 0 aromatic carbocycles. The van der Waals surface area contributed by atoms with E-state index in [1.54, 1.807) is 10.9 Å². The Labute approximate surface area is 113 Å². The van der Waals surface area contributed by atoms with Gasteiger partial charge in [0, 0.05) is 26.3 Å². The fourth-order valence-electron chi connectivity index (χ4n) is 2.44. The number of rotatable bonds is 5. The monoisotopic (exact) mass is 266 g/mol. The van der Waals surface area contributed by atoms with E-state index in [4.69, 9.17) is 0 Å². The molecule has 0 spiro atoms. The van der Waals surface area contributed by atoms with Crippen LogP contribution in [0, 0.1) is 0 Å². The molecule has 2 amide bonds. The van der Waals surface area contributed by atoms with E-state index in [-0.39, 0.29) is 6.03 Å². The van der Waals surface area contributed by atoms with E-state index in [0.717, 1.165) is 37.7 Å². The van der Waals surface area contributed by atoms with Crippen molar-refractivity contribution in [3.8, 4) is 0 Å². The lowest BCUT2D eigenvalue weighted by atomic mass is 10.0. The first kappa shape index (κ1) is 13.9. The van der Waals surface area contributed by atoms with Gasteiger partial charge in [-0.3, -0.25) is 4.68 Å². The summed E-state index contributed by atoms with van der Waals surface area (Å²) in [5, 5.41) is 19.7. The molecular weight excluding hydrogens is 244 g/mol. The Balaban J connectivity index is 1.62. The van der Waals surface area contributed by atoms with Gasteiger partial charge in [0.2, 0.25) is 0 Å². The van der Waals surface area contributed by atoms with Gasteiger partial charge in [-0.05, 0) is 24.8 Å². The van der Waals surface area contributed by atoms with E-state index in [1.807, 2.05) is 13.2 Å². The van der Waals surface area contributed by atoms with Gasteiger partial charge < -0.3 is 15.7 Å². The maximum atomic E-state index is 11.6. The van der Waals surface area contributed by atoms with Gasteiger partial charge in [0.25, 0.3) is 0 Å². The molecule has 0 radical (unpaired) electrons. The number of amides is 2. The van der Waals surface area contributed by atoms with Crippen molar-refractivity contribution < 1.29 is 9.90 Å². The topological polar surface area (TPSA) is 79.2 Å². The predicted molar refractivity (Wildman–Crippen MR) is 71.7 cm³/mol. The Hall–Kier alpha value is -1.56. The van der Waals surface area contributed by atoms with Crippen molar-refractivity contribution in [2.24, 2.45) is 7.05 Å². The highest BCUT2D eigenvalue weighted by molar-refractivity contribution is 5.73. The van der Waals surface area contributed by atoms with Crippen LogP contribution in [0.3, 0.4) is 0 Å². The lowest BCUT2D eigenvalue weighted by Crippen LogP contribution is -2.45. The fraction of sp³-hybridized carbons (Fsp3) is 0.692. The van der Waals surface area contributed by atoms with Gasteiger partial charge in [-0.25, -0.2) is 4.79 Å². The summed E-state index contributed by atoms with van der Waals surface area (Å²) in [6.07, 6.45) is 8.13. The summed E-state index contributed by atoms with van der Waals surface area (Å²) in [6.45, 7) is 0.904. The van der Waals surface area contributed by atoms with Crippen LogP contribution in [0.4, 0.5) is 4.79 Å². The van der Waals surface area contributed by atoms with Crippen molar-refractivity contribution >= 4 is 6.03 Å². The largest absolute Gasteiger partial charge is 0.388 e. The molecule has 6 heteroatoms. The first-order valence-corrected chi connectivity index (χ1v) is 6.79. The molecule has 0 bridgehead atoms. The number of carbonyl (C=O) groups excluding carboxylic acids is 1. The minimum absolute atomic E-state index is 0.218. The molecule has 2 rings (SSSR count). The summed E-state index contributed by atoms with van der Waals surface area (Å²) in [6, 6.07) is -0.218. The van der Waals surface area contributed by atoms with Crippen molar-refractivity contribution in [1.29, 1.82) is 0 Å². The van der Waals surface area contributed by atoms with Crippen LogP contribution in [0.5, 0.6) is 0 Å². The lowest BCUT2D eigenvalue weighted by Gasteiger charge is -2.22. The maximum absolute atomic E-state index is 11.6. The molecule has 0 unspecified atom stereocenters. The van der Waals surface area contributed by atoms with E-state index in [1.165, 1.54) is 0 Å². The number of hydrogen-bond acceptors (Lipinski definition) is 3. The number of aliphatic hydroxyl groups is 1. The maximum Gasteiger partial charge on any atom is 0.314 e. The van der Waals surface area contributed by atoms with Gasteiger partial charge in [-0.15, -0.1) is 0 Å². The van der Waals surface area contributed by atoms with Crippen LogP contribution >= 0.6 is 0 Å². The van der Waals surface area contributed by atoms with E-state index >= 15 is 0 Å². The van der Waals surface area contributed by atoms with Gasteiger partial charge in [0.15, 0.2) is 0 Å². The number of aryl methyl sites for hydroxylation is 1. The highest BCUT2D eigenvalue weighted by Crippen LogP contribution is 2.28. The molecule has 1 heterocycles. The molecule has 3 N–H and O–H groups in total. The first-order valence-electron chi connectivity index (χ1n) is 6.79. The summed E-state index contributed by atoms with van der Waals surface area (Å²) < 4.78 is 1.74. The third kappa shape index (κ3) is 4.24. The van der Waals surface area contributed by atoms with Crippen LogP contribution in [0.2, 0.25) is 0 Å². The smallest absolute Gasteiger partial charge is 0.314 e. The van der Waals surface area contributed by atoms with Crippen LogP contribution < -0.4 is 10.6 Å². The molecule has 19 heavy (non-hydrogen) atoms. The molecule has 0 saturated heterocycles. The zero-order valence-corrected chi connectivity index (χ0v) is 11.4. The molecule has 1 fully saturated rings. The molecule has 1 aromatic rings. The molecule has 1 aliphatic rings. The summed E-state index contributed by atoms with van der Waals surface area (Å²) in [5.74, 6) is 0. The van der Waals surface area contributed by atoms with Gasteiger partial charge >= 0.3 is 6.03 Å². The van der Waals surface area contributed by atoms with Gasteiger partial charge in [-0.1, -0.05) is 12.8 Å². The number of carbonyl (C=O) groups is 1. The molecule has 0 aliphatic heterocycles. The second kappa shape index (κ2) is 6.06. The number of nitrogens with one attached hydrogen (secondary N) is 2. The fourth-order valence-corrected chi connectivity index (χ4v) is 2.44. The van der Waals surface area contributed by atoms with E-state index in [0.29, 0.717) is 13.1 Å². The first-order chi connectivity index (χ1) is 9.07. The molecule has 1 aromatic heterocycles. The average molecular weight is 266 g/mol. The second-order valence-electron chi connectivity index (χ2n) is 5.31. The highest BCUT2D eigenvalue weighted by Gasteiger charge is 2.31. The Morgan fingerprint density at radius 2 is 2.21 bits per heavy atom. The Morgan fingerprint density at radius 1 is 1.47 bits per heavy atom. The van der Waals surface area contributed by atoms with Crippen molar-refractivity contribution in [1.82, 2.24) is 20.4 Å². The SMILES string of the molecule is Cn1cc(CCNC(=O)NCC2(O)CCCC2)cn1. The van der Waals surface area contributed by atoms with Crippen molar-refractivity contribution in [3.05, 3.63) is 18.0 Å². The van der Waals surface area contributed by atoms with E-state index < -0.39 is 5.60 Å². The van der Waals surface area contributed by atoms with E-state index in [2.05, 4.69) is 15.7 Å². The minimum Gasteiger partial charge on any atom is -0.388 e. The normalized spacial score (nSPS) is 17.4. The van der Waals surface area contributed by atoms with Crippen LogP contribution in [-0.2, 0) is 13.5 Å².